The van der Waals surface area contributed by atoms with Crippen LogP contribution in [0.3, 0.4) is 0 Å². The number of nitrogens with one attached hydrogen (secondary N) is 2. The Morgan fingerprint density at radius 3 is 2.63 bits per heavy atom. The molecular weight excluding hydrogens is 437 g/mol. The number of hydrogen-bond acceptors (Lipinski definition) is 3. The molecule has 0 radical (unpaired) electrons. The van der Waals surface area contributed by atoms with Gasteiger partial charge in [-0.1, -0.05) is 34.6 Å². The maximum absolute atomic E-state index is 13.4. The van der Waals surface area contributed by atoms with Gasteiger partial charge in [-0.3, -0.25) is 0 Å². The smallest absolute Gasteiger partial charge is 0.385 e. The topological polar surface area (TPSA) is 24.1 Å². The minimum atomic E-state index is -4.35. The summed E-state index contributed by atoms with van der Waals surface area (Å²) >= 11 is 4.89. The summed E-state index contributed by atoms with van der Waals surface area (Å²) in [6.45, 7) is 4.56. The maximum atomic E-state index is 13.4. The number of anilines is 1. The van der Waals surface area contributed by atoms with Gasteiger partial charge in [-0.15, -0.1) is 0 Å². The van der Waals surface area contributed by atoms with Crippen molar-refractivity contribution in [3.05, 3.63) is 51.5 Å². The molecule has 27 heavy (non-hydrogen) atoms. The Morgan fingerprint density at radius 1 is 1.07 bits per heavy atom. The molecule has 0 spiro atoms. The molecule has 0 atom stereocenters. The van der Waals surface area contributed by atoms with E-state index in [0.29, 0.717) is 23.5 Å². The summed E-state index contributed by atoms with van der Waals surface area (Å²) in [6, 6.07) is 8.45. The molecule has 0 amide bonds. The number of alkyl halides is 3. The first-order valence-electron chi connectivity index (χ1n) is 9.03. The van der Waals surface area contributed by atoms with Crippen molar-refractivity contribution in [2.45, 2.75) is 42.2 Å². The lowest BCUT2D eigenvalue weighted by molar-refractivity contribution is -0.137. The molecule has 0 saturated heterocycles. The van der Waals surface area contributed by atoms with Crippen LogP contribution in [0, 0.1) is 0 Å². The Hall–Kier alpha value is -1.18. The van der Waals surface area contributed by atoms with E-state index in [9.17, 15) is 13.2 Å². The Labute approximate surface area is 170 Å². The second-order valence-corrected chi connectivity index (χ2v) is 8.56. The third kappa shape index (κ3) is 5.21. The highest BCUT2D eigenvalue weighted by Gasteiger charge is 2.33. The summed E-state index contributed by atoms with van der Waals surface area (Å²) in [5.41, 5.74) is 2.07. The molecule has 0 unspecified atom stereocenters. The molecule has 1 heterocycles. The lowest BCUT2D eigenvalue weighted by Crippen LogP contribution is -2.19. The van der Waals surface area contributed by atoms with Crippen LogP contribution in [0.25, 0.3) is 0 Å². The highest BCUT2D eigenvalue weighted by molar-refractivity contribution is 9.10. The Balaban J connectivity index is 1.83. The van der Waals surface area contributed by atoms with E-state index in [2.05, 4.69) is 33.5 Å². The minimum absolute atomic E-state index is 0.591. The standard InChI is InChI=1S/C20H22BrF3N2S/c1-2-6-25-7-3-8-26-17-11-14(20(22,23)24)12-19-16(17)10-13-9-15(21)4-5-18(13)27-19/h4-5,9,11-12,25-26H,2-3,6-8,10H2,1H3. The monoisotopic (exact) mass is 458 g/mol. The Bertz CT molecular complexity index is 809. The van der Waals surface area contributed by atoms with Gasteiger partial charge in [0.2, 0.25) is 0 Å². The van der Waals surface area contributed by atoms with Gasteiger partial charge in [-0.05, 0) is 67.4 Å². The van der Waals surface area contributed by atoms with Gasteiger partial charge in [0.25, 0.3) is 0 Å². The molecule has 2 N–H and O–H groups in total. The molecule has 146 valence electrons. The number of fused-ring (bicyclic) bond motifs is 2. The molecule has 2 nitrogen and oxygen atoms in total. The van der Waals surface area contributed by atoms with Crippen LogP contribution in [0.1, 0.15) is 36.5 Å². The summed E-state index contributed by atoms with van der Waals surface area (Å²) in [5.74, 6) is 0. The van der Waals surface area contributed by atoms with Crippen LogP contribution in [-0.2, 0) is 12.6 Å². The fraction of sp³-hybridized carbons (Fsp3) is 0.400. The van der Waals surface area contributed by atoms with E-state index in [1.807, 2.05) is 18.2 Å². The third-order valence-corrected chi connectivity index (χ3v) is 6.11. The molecule has 0 fully saturated rings. The molecule has 0 bridgehead atoms. The van der Waals surface area contributed by atoms with Crippen molar-refractivity contribution in [3.8, 4) is 0 Å². The van der Waals surface area contributed by atoms with Crippen LogP contribution in [-0.4, -0.2) is 19.6 Å². The van der Waals surface area contributed by atoms with Crippen molar-refractivity contribution in [3.63, 3.8) is 0 Å². The predicted molar refractivity (Wildman–Crippen MR) is 109 cm³/mol. The molecule has 0 aliphatic carbocycles. The summed E-state index contributed by atoms with van der Waals surface area (Å²) < 4.78 is 41.1. The van der Waals surface area contributed by atoms with E-state index in [1.54, 1.807) is 0 Å². The molecule has 1 aliphatic heterocycles. The highest BCUT2D eigenvalue weighted by Crippen LogP contribution is 2.45. The van der Waals surface area contributed by atoms with E-state index in [1.165, 1.54) is 23.9 Å². The Morgan fingerprint density at radius 2 is 1.89 bits per heavy atom. The number of halogens is 4. The normalized spacial score (nSPS) is 13.2. The van der Waals surface area contributed by atoms with Gasteiger partial charge in [-0.25, -0.2) is 0 Å². The van der Waals surface area contributed by atoms with E-state index < -0.39 is 11.7 Å². The third-order valence-electron chi connectivity index (χ3n) is 4.42. The average Bonchev–Trinajstić information content (AvgIpc) is 2.62. The Kier molecular flexibility index (Phi) is 6.76. The fourth-order valence-corrected chi connectivity index (χ4v) is 4.61. The summed E-state index contributed by atoms with van der Waals surface area (Å²) in [6.07, 6.45) is -1.79. The van der Waals surface area contributed by atoms with Gasteiger partial charge in [0.15, 0.2) is 0 Å². The van der Waals surface area contributed by atoms with Gasteiger partial charge in [0.05, 0.1) is 5.56 Å². The van der Waals surface area contributed by atoms with Crippen molar-refractivity contribution in [1.82, 2.24) is 5.32 Å². The van der Waals surface area contributed by atoms with Gasteiger partial charge in [-0.2, -0.15) is 13.2 Å². The van der Waals surface area contributed by atoms with E-state index >= 15 is 0 Å². The van der Waals surface area contributed by atoms with Crippen LogP contribution in [0.2, 0.25) is 0 Å². The van der Waals surface area contributed by atoms with Crippen LogP contribution < -0.4 is 10.6 Å². The van der Waals surface area contributed by atoms with Gasteiger partial charge in [0, 0.05) is 32.9 Å². The molecule has 0 aromatic heterocycles. The van der Waals surface area contributed by atoms with E-state index in [4.69, 9.17) is 0 Å². The maximum Gasteiger partial charge on any atom is 0.416 e. The van der Waals surface area contributed by atoms with Crippen molar-refractivity contribution in [2.75, 3.05) is 25.0 Å². The molecule has 7 heteroatoms. The molecule has 2 aromatic carbocycles. The van der Waals surface area contributed by atoms with E-state index in [-0.39, 0.29) is 0 Å². The molecular formula is C20H22BrF3N2S. The largest absolute Gasteiger partial charge is 0.416 e. The molecule has 1 aliphatic rings. The summed E-state index contributed by atoms with van der Waals surface area (Å²) in [5, 5.41) is 6.55. The van der Waals surface area contributed by atoms with Crippen LogP contribution in [0.15, 0.2) is 44.6 Å². The zero-order valence-corrected chi connectivity index (χ0v) is 17.5. The lowest BCUT2D eigenvalue weighted by atomic mass is 10.00. The molecule has 0 saturated carbocycles. The van der Waals surface area contributed by atoms with Crippen molar-refractivity contribution in [2.24, 2.45) is 0 Å². The number of hydrogen-bond donors (Lipinski definition) is 2. The zero-order valence-electron chi connectivity index (χ0n) is 15.0. The first-order chi connectivity index (χ1) is 12.9. The molecule has 3 rings (SSSR count). The van der Waals surface area contributed by atoms with Gasteiger partial charge >= 0.3 is 6.18 Å². The van der Waals surface area contributed by atoms with Gasteiger partial charge in [0.1, 0.15) is 0 Å². The number of rotatable bonds is 7. The van der Waals surface area contributed by atoms with Crippen molar-refractivity contribution < 1.29 is 13.2 Å². The van der Waals surface area contributed by atoms with Crippen molar-refractivity contribution >= 4 is 33.4 Å². The summed E-state index contributed by atoms with van der Waals surface area (Å²) in [7, 11) is 0. The predicted octanol–water partition coefficient (Wildman–Crippen LogP) is 6.32. The first kappa shape index (κ1) is 20.6. The minimum Gasteiger partial charge on any atom is -0.385 e. The lowest BCUT2D eigenvalue weighted by Gasteiger charge is -2.24. The summed E-state index contributed by atoms with van der Waals surface area (Å²) in [4.78, 5) is 1.70. The first-order valence-corrected chi connectivity index (χ1v) is 10.6. The second-order valence-electron chi connectivity index (χ2n) is 6.56. The van der Waals surface area contributed by atoms with Gasteiger partial charge < -0.3 is 10.6 Å². The molecule has 2 aromatic rings. The van der Waals surface area contributed by atoms with Crippen LogP contribution in [0.4, 0.5) is 18.9 Å². The zero-order chi connectivity index (χ0) is 19.4. The quantitative estimate of drug-likeness (QED) is 0.404. The SMILES string of the molecule is CCCNCCCNc1cc(C(F)(F)F)cc2c1Cc1cc(Br)ccc1S2. The second kappa shape index (κ2) is 8.88. The highest BCUT2D eigenvalue weighted by atomic mass is 79.9. The average molecular weight is 459 g/mol. The van der Waals surface area contributed by atoms with Crippen LogP contribution in [0.5, 0.6) is 0 Å². The number of benzene rings is 2. The van der Waals surface area contributed by atoms with Crippen LogP contribution >= 0.6 is 27.7 Å². The fourth-order valence-electron chi connectivity index (χ4n) is 3.07. The van der Waals surface area contributed by atoms with E-state index in [0.717, 1.165) is 46.4 Å². The van der Waals surface area contributed by atoms with Crippen molar-refractivity contribution in [1.29, 1.82) is 0 Å².